The van der Waals surface area contributed by atoms with Crippen molar-refractivity contribution in [2.75, 3.05) is 16.8 Å². The van der Waals surface area contributed by atoms with Gasteiger partial charge in [-0.3, -0.25) is 9.69 Å². The molecule has 90 valence electrons. The van der Waals surface area contributed by atoms with E-state index in [2.05, 4.69) is 27.0 Å². The molecule has 0 saturated carbocycles. The van der Waals surface area contributed by atoms with Crippen molar-refractivity contribution in [3.63, 3.8) is 0 Å². The lowest BCUT2D eigenvalue weighted by atomic mass is 10.1. The molecule has 1 aliphatic heterocycles. The van der Waals surface area contributed by atoms with Gasteiger partial charge in [0.2, 0.25) is 5.91 Å². The van der Waals surface area contributed by atoms with Crippen LogP contribution < -0.4 is 4.90 Å². The molecular weight excluding hydrogens is 282 g/mol. The monoisotopic (exact) mass is 295 g/mol. The number of aromatic amines is 1. The van der Waals surface area contributed by atoms with Gasteiger partial charge in [-0.25, -0.2) is 0 Å². The van der Waals surface area contributed by atoms with Crippen LogP contribution in [0, 0.1) is 31.1 Å². The van der Waals surface area contributed by atoms with Crippen LogP contribution in [0.5, 0.6) is 0 Å². The molecule has 1 atom stereocenters. The Bertz CT molecular complexity index is 501. The molecule has 0 radical (unpaired) electrons. The molecule has 2 heterocycles. The predicted molar refractivity (Wildman–Crippen MR) is 69.2 cm³/mol. The number of carbonyl (C=O) groups excluding carboxylic acids is 1. The maximum Gasteiger partial charge on any atom is 0.228 e. The van der Waals surface area contributed by atoms with Gasteiger partial charge in [0.05, 0.1) is 5.56 Å². The van der Waals surface area contributed by atoms with Gasteiger partial charge < -0.3 is 4.98 Å². The molecule has 0 bridgehead atoms. The fourth-order valence-corrected chi connectivity index (χ4v) is 2.57. The largest absolute Gasteiger partial charge is 0.344 e. The topological polar surface area (TPSA) is 59.9 Å². The summed E-state index contributed by atoms with van der Waals surface area (Å²) in [6.45, 7) is 4.50. The first-order valence-electron chi connectivity index (χ1n) is 5.54. The first kappa shape index (κ1) is 12.2. The summed E-state index contributed by atoms with van der Waals surface area (Å²) in [5, 5.41) is 9.98. The van der Waals surface area contributed by atoms with Crippen molar-refractivity contribution in [3.05, 3.63) is 16.8 Å². The quantitative estimate of drug-likeness (QED) is 0.851. The lowest BCUT2D eigenvalue weighted by Crippen LogP contribution is -2.25. The molecule has 1 aliphatic rings. The number of halogens is 1. The van der Waals surface area contributed by atoms with Gasteiger partial charge in [-0.1, -0.05) is 15.9 Å². The van der Waals surface area contributed by atoms with Crippen LogP contribution in [0.4, 0.5) is 5.82 Å². The zero-order chi connectivity index (χ0) is 12.6. The third-order valence-electron chi connectivity index (χ3n) is 3.29. The van der Waals surface area contributed by atoms with E-state index in [0.29, 0.717) is 30.3 Å². The van der Waals surface area contributed by atoms with Crippen molar-refractivity contribution >= 4 is 27.7 Å². The number of nitrogens with zero attached hydrogens (tertiary/aromatic N) is 2. The lowest BCUT2D eigenvalue weighted by Gasteiger charge is -2.14. The van der Waals surface area contributed by atoms with Crippen LogP contribution in [-0.4, -0.2) is 22.8 Å². The average Bonchev–Trinajstić information content (AvgIpc) is 2.81. The third-order valence-corrected chi connectivity index (χ3v) is 4.20. The highest BCUT2D eigenvalue weighted by molar-refractivity contribution is 9.09. The van der Waals surface area contributed by atoms with Crippen LogP contribution in [0.3, 0.4) is 0 Å². The van der Waals surface area contributed by atoms with Crippen LogP contribution in [0.15, 0.2) is 0 Å². The molecule has 1 amide bonds. The molecule has 17 heavy (non-hydrogen) atoms. The van der Waals surface area contributed by atoms with Crippen LogP contribution in [0.2, 0.25) is 0 Å². The molecular formula is C12H14BrN3O. The van der Waals surface area contributed by atoms with E-state index in [1.54, 1.807) is 4.90 Å². The van der Waals surface area contributed by atoms with Gasteiger partial charge >= 0.3 is 0 Å². The highest BCUT2D eigenvalue weighted by Crippen LogP contribution is 2.30. The summed E-state index contributed by atoms with van der Waals surface area (Å²) in [6, 6.07) is 2.18. The highest BCUT2D eigenvalue weighted by Gasteiger charge is 2.32. The SMILES string of the molecule is Cc1[nH]c(N2CC(CBr)CC2=O)c(C#N)c1C. The second-order valence-electron chi connectivity index (χ2n) is 4.44. The van der Waals surface area contributed by atoms with E-state index in [-0.39, 0.29) is 5.91 Å². The van der Waals surface area contributed by atoms with Gasteiger partial charge in [0, 0.05) is 24.0 Å². The van der Waals surface area contributed by atoms with Crippen molar-refractivity contribution in [1.29, 1.82) is 5.26 Å². The molecule has 1 aromatic rings. The Balaban J connectivity index is 2.39. The Kier molecular flexibility index (Phi) is 3.25. The number of hydrogen-bond acceptors (Lipinski definition) is 2. The molecule has 0 aromatic carbocycles. The van der Waals surface area contributed by atoms with Crippen molar-refractivity contribution in [2.45, 2.75) is 20.3 Å². The molecule has 1 aromatic heterocycles. The second-order valence-corrected chi connectivity index (χ2v) is 5.09. The van der Waals surface area contributed by atoms with E-state index in [1.807, 2.05) is 13.8 Å². The normalized spacial score (nSPS) is 19.8. The van der Waals surface area contributed by atoms with Crippen molar-refractivity contribution in [3.8, 4) is 6.07 Å². The summed E-state index contributed by atoms with van der Waals surface area (Å²) in [5.74, 6) is 1.08. The molecule has 0 aliphatic carbocycles. The number of aryl methyl sites for hydroxylation is 1. The minimum absolute atomic E-state index is 0.0900. The lowest BCUT2D eigenvalue weighted by molar-refractivity contribution is -0.117. The van der Waals surface area contributed by atoms with Crippen molar-refractivity contribution in [2.24, 2.45) is 5.92 Å². The number of anilines is 1. The summed E-state index contributed by atoms with van der Waals surface area (Å²) in [6.07, 6.45) is 0.549. The Morgan fingerprint density at radius 3 is 2.82 bits per heavy atom. The van der Waals surface area contributed by atoms with Crippen molar-refractivity contribution in [1.82, 2.24) is 4.98 Å². The number of nitriles is 1. The molecule has 1 N–H and O–H groups in total. The molecule has 1 saturated heterocycles. The number of nitrogens with one attached hydrogen (secondary N) is 1. The molecule has 2 rings (SSSR count). The maximum absolute atomic E-state index is 11.9. The molecule has 4 nitrogen and oxygen atoms in total. The van der Waals surface area contributed by atoms with E-state index < -0.39 is 0 Å². The fourth-order valence-electron chi connectivity index (χ4n) is 2.14. The fraction of sp³-hybridized carbons (Fsp3) is 0.500. The minimum atomic E-state index is 0.0900. The van der Waals surface area contributed by atoms with Gasteiger partial charge in [0.15, 0.2) is 0 Å². The number of rotatable bonds is 2. The zero-order valence-corrected chi connectivity index (χ0v) is 11.5. The van der Waals surface area contributed by atoms with Gasteiger partial charge in [0.25, 0.3) is 0 Å². The predicted octanol–water partition coefficient (Wildman–Crippen LogP) is 2.25. The Labute approximate surface area is 109 Å². The number of amides is 1. The third kappa shape index (κ3) is 1.98. The minimum Gasteiger partial charge on any atom is -0.344 e. The Morgan fingerprint density at radius 1 is 1.59 bits per heavy atom. The van der Waals surface area contributed by atoms with Crippen LogP contribution in [0.25, 0.3) is 0 Å². The number of carbonyl (C=O) groups is 1. The number of aromatic nitrogens is 1. The first-order valence-corrected chi connectivity index (χ1v) is 6.66. The van der Waals surface area contributed by atoms with Crippen LogP contribution in [0.1, 0.15) is 23.2 Å². The zero-order valence-electron chi connectivity index (χ0n) is 9.88. The van der Waals surface area contributed by atoms with Crippen LogP contribution >= 0.6 is 15.9 Å². The summed E-state index contributed by atoms with van der Waals surface area (Å²) < 4.78 is 0. The van der Waals surface area contributed by atoms with Gasteiger partial charge in [0.1, 0.15) is 11.9 Å². The number of hydrogen-bond donors (Lipinski definition) is 1. The smallest absolute Gasteiger partial charge is 0.228 e. The van der Waals surface area contributed by atoms with E-state index >= 15 is 0 Å². The van der Waals surface area contributed by atoms with E-state index in [1.165, 1.54) is 0 Å². The second kappa shape index (κ2) is 4.53. The maximum atomic E-state index is 11.9. The summed E-state index contributed by atoms with van der Waals surface area (Å²) in [5.41, 5.74) is 2.47. The Hall–Kier alpha value is -1.28. The summed E-state index contributed by atoms with van der Waals surface area (Å²) >= 11 is 3.40. The molecule has 1 unspecified atom stereocenters. The standard InChI is InChI=1S/C12H14BrN3O/c1-7-8(2)15-12(10(7)5-14)16-6-9(4-13)3-11(16)17/h9,15H,3-4,6H2,1-2H3. The van der Waals surface area contributed by atoms with Crippen molar-refractivity contribution < 1.29 is 4.79 Å². The summed E-state index contributed by atoms with van der Waals surface area (Å²) in [7, 11) is 0. The van der Waals surface area contributed by atoms with Crippen LogP contribution in [-0.2, 0) is 4.79 Å². The molecule has 0 spiro atoms. The highest BCUT2D eigenvalue weighted by atomic mass is 79.9. The van der Waals surface area contributed by atoms with E-state index in [4.69, 9.17) is 5.26 Å². The van der Waals surface area contributed by atoms with E-state index in [0.717, 1.165) is 16.6 Å². The van der Waals surface area contributed by atoms with Gasteiger partial charge in [-0.05, 0) is 25.3 Å². The average molecular weight is 296 g/mol. The van der Waals surface area contributed by atoms with Gasteiger partial charge in [-0.15, -0.1) is 0 Å². The van der Waals surface area contributed by atoms with Gasteiger partial charge in [-0.2, -0.15) is 5.26 Å². The molecule has 1 fully saturated rings. The van der Waals surface area contributed by atoms with E-state index in [9.17, 15) is 4.79 Å². The first-order chi connectivity index (χ1) is 8.08. The Morgan fingerprint density at radius 2 is 2.29 bits per heavy atom. The number of H-pyrrole nitrogens is 1. The molecule has 5 heteroatoms. The number of alkyl halides is 1. The summed E-state index contributed by atoms with van der Waals surface area (Å²) in [4.78, 5) is 16.8.